The average molecular weight is 335 g/mol. The maximum Gasteiger partial charge on any atom is 0.224 e. The van der Waals surface area contributed by atoms with Crippen molar-refractivity contribution in [3.05, 3.63) is 53.7 Å². The Bertz CT molecular complexity index is 799. The fraction of sp³-hybridized carbons (Fsp3) is 0.429. The van der Waals surface area contributed by atoms with E-state index in [9.17, 15) is 4.79 Å². The highest BCUT2D eigenvalue weighted by atomic mass is 16.2. The number of fused-ring (bicyclic) bond motifs is 1. The molecule has 0 bridgehead atoms. The van der Waals surface area contributed by atoms with E-state index in [1.807, 2.05) is 23.2 Å². The number of anilines is 2. The molecule has 1 aromatic heterocycles. The highest BCUT2D eigenvalue weighted by Gasteiger charge is 2.47. The predicted octanol–water partition coefficient (Wildman–Crippen LogP) is 4.32. The Labute approximate surface area is 149 Å². The van der Waals surface area contributed by atoms with Crippen molar-refractivity contribution >= 4 is 17.4 Å². The van der Waals surface area contributed by atoms with Crippen molar-refractivity contribution in [3.63, 3.8) is 0 Å². The van der Waals surface area contributed by atoms with Crippen LogP contribution in [0.15, 0.2) is 42.6 Å². The number of benzene rings is 1. The number of aryl methyl sites for hydroxylation is 1. The van der Waals surface area contributed by atoms with Gasteiger partial charge in [0.2, 0.25) is 5.91 Å². The van der Waals surface area contributed by atoms with E-state index >= 15 is 0 Å². The smallest absolute Gasteiger partial charge is 0.224 e. The summed E-state index contributed by atoms with van der Waals surface area (Å²) in [5, 5.41) is 3.65. The van der Waals surface area contributed by atoms with Gasteiger partial charge in [0.15, 0.2) is 0 Å². The molecule has 1 aromatic carbocycles. The summed E-state index contributed by atoms with van der Waals surface area (Å²) >= 11 is 0. The maximum absolute atomic E-state index is 12.5. The van der Waals surface area contributed by atoms with E-state index in [2.05, 4.69) is 48.4 Å². The summed E-state index contributed by atoms with van der Waals surface area (Å²) in [7, 11) is 0. The Morgan fingerprint density at radius 3 is 2.68 bits per heavy atom. The van der Waals surface area contributed by atoms with Crippen LogP contribution in [0.1, 0.15) is 43.9 Å². The van der Waals surface area contributed by atoms with Crippen LogP contribution >= 0.6 is 0 Å². The number of carbonyl (C=O) groups is 1. The molecule has 2 heterocycles. The Balaban J connectivity index is 1.77. The quantitative estimate of drug-likeness (QED) is 0.908. The van der Waals surface area contributed by atoms with Crippen molar-refractivity contribution in [2.75, 3.05) is 10.2 Å². The van der Waals surface area contributed by atoms with E-state index in [0.29, 0.717) is 11.8 Å². The zero-order valence-corrected chi connectivity index (χ0v) is 15.1. The number of aromatic nitrogens is 1. The van der Waals surface area contributed by atoms with Gasteiger partial charge in [0.1, 0.15) is 5.82 Å². The fourth-order valence-electron chi connectivity index (χ4n) is 4.29. The van der Waals surface area contributed by atoms with Crippen molar-refractivity contribution in [1.29, 1.82) is 0 Å². The summed E-state index contributed by atoms with van der Waals surface area (Å²) in [6.45, 7) is 6.03. The van der Waals surface area contributed by atoms with Gasteiger partial charge < -0.3 is 10.2 Å². The van der Waals surface area contributed by atoms with Crippen LogP contribution in [0.4, 0.5) is 11.5 Å². The summed E-state index contributed by atoms with van der Waals surface area (Å²) in [6.07, 6.45) is 4.28. The first-order valence-electron chi connectivity index (χ1n) is 9.14. The largest absolute Gasteiger partial charge is 0.363 e. The lowest BCUT2D eigenvalue weighted by molar-refractivity contribution is -0.117. The summed E-state index contributed by atoms with van der Waals surface area (Å²) in [6, 6.07) is 12.8. The lowest BCUT2D eigenvalue weighted by Crippen LogP contribution is -2.51. The first kappa shape index (κ1) is 16.1. The second-order valence-corrected chi connectivity index (χ2v) is 7.48. The van der Waals surface area contributed by atoms with Crippen LogP contribution in [-0.2, 0) is 4.79 Å². The predicted molar refractivity (Wildman–Crippen MR) is 101 cm³/mol. The number of carbonyl (C=O) groups excluding carboxylic acids is 1. The third-order valence-electron chi connectivity index (χ3n) is 5.56. The topological polar surface area (TPSA) is 45.2 Å². The average Bonchev–Trinajstić information content (AvgIpc) is 3.41. The van der Waals surface area contributed by atoms with Crippen molar-refractivity contribution in [2.24, 2.45) is 11.8 Å². The molecule has 2 aliphatic rings. The molecule has 0 saturated heterocycles. The van der Waals surface area contributed by atoms with Gasteiger partial charge in [0.05, 0.1) is 6.04 Å². The van der Waals surface area contributed by atoms with Crippen LogP contribution in [0, 0.1) is 18.8 Å². The van der Waals surface area contributed by atoms with Crippen LogP contribution in [-0.4, -0.2) is 16.9 Å². The summed E-state index contributed by atoms with van der Waals surface area (Å²) in [5.41, 5.74) is 3.43. The molecule has 4 rings (SSSR count). The molecule has 1 N–H and O–H groups in total. The van der Waals surface area contributed by atoms with Gasteiger partial charge in [-0.15, -0.1) is 0 Å². The number of hydrogen-bond acceptors (Lipinski definition) is 3. The molecule has 1 saturated carbocycles. The van der Waals surface area contributed by atoms with Gasteiger partial charge in [-0.2, -0.15) is 0 Å². The van der Waals surface area contributed by atoms with Gasteiger partial charge in [0.25, 0.3) is 0 Å². The molecule has 1 amide bonds. The van der Waals surface area contributed by atoms with Gasteiger partial charge >= 0.3 is 0 Å². The fourth-order valence-corrected chi connectivity index (χ4v) is 4.29. The third kappa shape index (κ3) is 2.90. The van der Waals surface area contributed by atoms with E-state index in [0.717, 1.165) is 11.5 Å². The molecule has 1 aliphatic heterocycles. The molecule has 1 fully saturated rings. The van der Waals surface area contributed by atoms with E-state index in [1.165, 1.54) is 24.0 Å². The normalized spacial score (nSPS) is 25.4. The van der Waals surface area contributed by atoms with Gasteiger partial charge in [0, 0.05) is 30.8 Å². The van der Waals surface area contributed by atoms with E-state index in [1.54, 1.807) is 6.92 Å². The molecule has 4 nitrogen and oxygen atoms in total. The van der Waals surface area contributed by atoms with Crippen molar-refractivity contribution < 1.29 is 4.79 Å². The molecular formula is C21H25N3O. The highest BCUT2D eigenvalue weighted by molar-refractivity contribution is 5.94. The molecule has 4 heteroatoms. The Morgan fingerprint density at radius 1 is 1.24 bits per heavy atom. The number of rotatable bonds is 3. The Kier molecular flexibility index (Phi) is 3.98. The van der Waals surface area contributed by atoms with Gasteiger partial charge in [-0.3, -0.25) is 4.79 Å². The number of pyridine rings is 1. The first-order valence-corrected chi connectivity index (χ1v) is 9.14. The molecule has 25 heavy (non-hydrogen) atoms. The number of amides is 1. The zero-order chi connectivity index (χ0) is 17.6. The van der Waals surface area contributed by atoms with Crippen molar-refractivity contribution in [1.82, 2.24) is 4.98 Å². The second kappa shape index (κ2) is 6.17. The van der Waals surface area contributed by atoms with Crippen LogP contribution in [0.5, 0.6) is 0 Å². The zero-order valence-electron chi connectivity index (χ0n) is 15.1. The van der Waals surface area contributed by atoms with E-state index < -0.39 is 0 Å². The minimum Gasteiger partial charge on any atom is -0.363 e. The molecule has 2 unspecified atom stereocenters. The standard InChI is InChI=1S/C21H25N3O/c1-13-10-11-22-19(12-13)23-20-14(2)21(16-8-9-16)24(15(3)25)18-7-5-4-6-17(18)20/h4-7,10-12,14,16,20-21H,8-9H2,1-3H3,(H,22,23)/t14-,20?,21?/m1/s1. The number of nitrogens with zero attached hydrogens (tertiary/aromatic N) is 2. The monoisotopic (exact) mass is 335 g/mol. The van der Waals surface area contributed by atoms with Crippen molar-refractivity contribution in [3.8, 4) is 0 Å². The highest BCUT2D eigenvalue weighted by Crippen LogP contribution is 2.49. The molecule has 0 radical (unpaired) electrons. The Morgan fingerprint density at radius 2 is 2.00 bits per heavy atom. The van der Waals surface area contributed by atoms with E-state index in [4.69, 9.17) is 0 Å². The summed E-state index contributed by atoms with van der Waals surface area (Å²) in [5.74, 6) is 1.98. The van der Waals surface area contributed by atoms with Gasteiger partial charge in [-0.05, 0) is 55.0 Å². The molecule has 1 aliphatic carbocycles. The third-order valence-corrected chi connectivity index (χ3v) is 5.56. The number of nitrogens with one attached hydrogen (secondary N) is 1. The molecular weight excluding hydrogens is 310 g/mol. The summed E-state index contributed by atoms with van der Waals surface area (Å²) in [4.78, 5) is 19.0. The van der Waals surface area contributed by atoms with Gasteiger partial charge in [-0.25, -0.2) is 4.98 Å². The Hall–Kier alpha value is -2.36. The lowest BCUT2D eigenvalue weighted by atomic mass is 9.80. The number of hydrogen-bond donors (Lipinski definition) is 1. The molecule has 130 valence electrons. The minimum absolute atomic E-state index is 0.142. The first-order chi connectivity index (χ1) is 12.1. The van der Waals surface area contributed by atoms with Gasteiger partial charge in [-0.1, -0.05) is 25.1 Å². The number of para-hydroxylation sites is 1. The second-order valence-electron chi connectivity index (χ2n) is 7.48. The van der Waals surface area contributed by atoms with E-state index in [-0.39, 0.29) is 18.0 Å². The van der Waals surface area contributed by atoms with Crippen LogP contribution in [0.3, 0.4) is 0 Å². The molecule has 0 spiro atoms. The SMILES string of the molecule is CC(=O)N1c2ccccc2C(Nc2cc(C)ccn2)[C@@H](C)C1C1CC1. The van der Waals surface area contributed by atoms with Crippen LogP contribution in [0.2, 0.25) is 0 Å². The molecule has 3 atom stereocenters. The minimum atomic E-state index is 0.142. The van der Waals surface area contributed by atoms with Crippen LogP contribution in [0.25, 0.3) is 0 Å². The lowest BCUT2D eigenvalue weighted by Gasteiger charge is -2.45. The maximum atomic E-state index is 12.5. The summed E-state index contributed by atoms with van der Waals surface area (Å²) < 4.78 is 0. The molecule has 2 aromatic rings. The van der Waals surface area contributed by atoms with Crippen molar-refractivity contribution in [2.45, 2.75) is 45.7 Å². The van der Waals surface area contributed by atoms with Crippen LogP contribution < -0.4 is 10.2 Å².